The first-order valence-corrected chi connectivity index (χ1v) is 9.87. The molecule has 0 saturated heterocycles. The first kappa shape index (κ1) is 19.8. The van der Waals surface area contributed by atoms with Crippen LogP contribution in [0.1, 0.15) is 72.6 Å². The quantitative estimate of drug-likeness (QED) is 0.789. The van der Waals surface area contributed by atoms with E-state index in [1.807, 2.05) is 6.08 Å². The lowest BCUT2D eigenvalue weighted by atomic mass is 9.46. The van der Waals surface area contributed by atoms with E-state index in [9.17, 15) is 19.8 Å². The van der Waals surface area contributed by atoms with Crippen molar-refractivity contribution in [2.45, 2.75) is 78.2 Å². The summed E-state index contributed by atoms with van der Waals surface area (Å²) in [6.07, 6.45) is 8.72. The number of hydrogen-bond donors (Lipinski definition) is 2. The second-order valence-corrected chi connectivity index (χ2v) is 9.41. The smallest absolute Gasteiger partial charge is 0.190 e. The number of aliphatic hydroxyl groups is 2. The van der Waals surface area contributed by atoms with E-state index in [-0.39, 0.29) is 18.6 Å². The third-order valence-electron chi connectivity index (χ3n) is 8.72. The molecule has 4 rings (SSSR count). The van der Waals surface area contributed by atoms with Crippen LogP contribution in [0.4, 0.5) is 0 Å². The second kappa shape index (κ2) is 6.27. The molecule has 3 fully saturated rings. The Kier molecular flexibility index (Phi) is 4.76. The minimum atomic E-state index is -1.36. The van der Waals surface area contributed by atoms with Crippen molar-refractivity contribution in [3.8, 4) is 0 Å². The predicted molar refractivity (Wildman–Crippen MR) is 100 cm³/mol. The van der Waals surface area contributed by atoms with E-state index in [1.165, 1.54) is 5.57 Å². The summed E-state index contributed by atoms with van der Waals surface area (Å²) >= 11 is 0. The first-order chi connectivity index (χ1) is 11.8. The number of rotatable bonds is 2. The minimum Gasteiger partial charge on any atom is -0.388 e. The van der Waals surface area contributed by atoms with Gasteiger partial charge in [-0.25, -0.2) is 0 Å². The van der Waals surface area contributed by atoms with Crippen molar-refractivity contribution in [3.63, 3.8) is 0 Å². The molecule has 0 amide bonds. The lowest BCUT2D eigenvalue weighted by Crippen LogP contribution is -2.58. The zero-order chi connectivity index (χ0) is 18.0. The van der Waals surface area contributed by atoms with Crippen LogP contribution in [0.5, 0.6) is 0 Å². The largest absolute Gasteiger partial charge is 0.388 e. The highest BCUT2D eigenvalue weighted by atomic mass is 16.3. The van der Waals surface area contributed by atoms with Gasteiger partial charge in [0, 0.05) is 11.8 Å². The molecule has 0 spiro atoms. The summed E-state index contributed by atoms with van der Waals surface area (Å²) in [6, 6.07) is 0. The highest BCUT2D eigenvalue weighted by Crippen LogP contribution is 2.67. The maximum Gasteiger partial charge on any atom is 0.190 e. The highest BCUT2D eigenvalue weighted by molar-refractivity contribution is 5.91. The van der Waals surface area contributed by atoms with Gasteiger partial charge in [-0.1, -0.05) is 26.8 Å². The summed E-state index contributed by atoms with van der Waals surface area (Å²) in [5.74, 6) is 1.26. The van der Waals surface area contributed by atoms with Gasteiger partial charge in [0.05, 0.1) is 0 Å². The lowest BCUT2D eigenvalue weighted by Gasteiger charge is -2.58. The van der Waals surface area contributed by atoms with Crippen molar-refractivity contribution >= 4 is 11.6 Å². The van der Waals surface area contributed by atoms with E-state index in [0.29, 0.717) is 30.6 Å². The molecule has 4 aliphatic carbocycles. The third-order valence-corrected chi connectivity index (χ3v) is 8.72. The molecule has 6 atom stereocenters. The molecule has 26 heavy (non-hydrogen) atoms. The summed E-state index contributed by atoms with van der Waals surface area (Å²) in [7, 11) is 0. The fourth-order valence-electron chi connectivity index (χ4n) is 7.16. The number of carbonyl (C=O) groups is 2. The van der Waals surface area contributed by atoms with Crippen LogP contribution >= 0.6 is 0 Å². The Morgan fingerprint density at radius 2 is 1.81 bits per heavy atom. The van der Waals surface area contributed by atoms with Crippen molar-refractivity contribution in [3.05, 3.63) is 11.6 Å². The van der Waals surface area contributed by atoms with Gasteiger partial charge in [-0.05, 0) is 74.2 Å². The topological polar surface area (TPSA) is 74.6 Å². The average molecular weight is 363 g/mol. The molecular weight excluding hydrogens is 328 g/mol. The molecule has 3 saturated carbocycles. The van der Waals surface area contributed by atoms with Crippen molar-refractivity contribution in [2.24, 2.45) is 28.6 Å². The average Bonchev–Trinajstić information content (AvgIpc) is 2.87. The summed E-state index contributed by atoms with van der Waals surface area (Å²) < 4.78 is 0. The van der Waals surface area contributed by atoms with E-state index >= 15 is 0 Å². The Morgan fingerprint density at radius 3 is 2.50 bits per heavy atom. The highest BCUT2D eigenvalue weighted by Gasteiger charge is 2.65. The Hall–Kier alpha value is -1.00. The Bertz CT molecular complexity index is 653. The Balaban J connectivity index is 0.00000196. The van der Waals surface area contributed by atoms with Gasteiger partial charge in [-0.2, -0.15) is 0 Å². The number of ketones is 2. The van der Waals surface area contributed by atoms with Crippen molar-refractivity contribution in [1.82, 2.24) is 0 Å². The number of hydrogen-bond acceptors (Lipinski definition) is 4. The van der Waals surface area contributed by atoms with Gasteiger partial charge in [0.15, 0.2) is 11.6 Å². The number of allylic oxidation sites excluding steroid dienone is 1. The standard InChI is InChI=1S/C21H30O4.CH4/c1-19-8-5-14(23)11-13(19)3-4-15-16(19)6-9-20(2)17(15)7-10-21(20,25)18(24)12-22;/h11,15-17,22,25H,3-10,12H2,1-2H3;1H4/t15-,16+,17?,19+,20+,21+;/m1./s1. The molecule has 0 aliphatic heterocycles. The molecular formula is C22H34O4. The zero-order valence-electron chi connectivity index (χ0n) is 15.4. The Labute approximate surface area is 157 Å². The molecule has 0 aromatic rings. The van der Waals surface area contributed by atoms with Gasteiger partial charge in [0.25, 0.3) is 0 Å². The molecule has 0 bridgehead atoms. The molecule has 4 aliphatic rings. The molecule has 0 aromatic heterocycles. The van der Waals surface area contributed by atoms with E-state index < -0.39 is 23.4 Å². The van der Waals surface area contributed by atoms with Crippen molar-refractivity contribution in [1.29, 1.82) is 0 Å². The van der Waals surface area contributed by atoms with Crippen LogP contribution in [0.15, 0.2) is 11.6 Å². The second-order valence-electron chi connectivity index (χ2n) is 9.41. The molecule has 0 aromatic carbocycles. The van der Waals surface area contributed by atoms with Gasteiger partial charge >= 0.3 is 0 Å². The van der Waals surface area contributed by atoms with Gasteiger partial charge in [0.2, 0.25) is 0 Å². The van der Waals surface area contributed by atoms with Gasteiger partial charge in [-0.3, -0.25) is 9.59 Å². The van der Waals surface area contributed by atoms with E-state index in [2.05, 4.69) is 13.8 Å². The normalized spacial score (nSPS) is 47.2. The first-order valence-electron chi connectivity index (χ1n) is 9.87. The fraction of sp³-hybridized carbons (Fsp3) is 0.818. The van der Waals surface area contributed by atoms with E-state index in [0.717, 1.165) is 38.5 Å². The summed E-state index contributed by atoms with van der Waals surface area (Å²) in [5, 5.41) is 20.5. The third kappa shape index (κ3) is 2.34. The van der Waals surface area contributed by atoms with Gasteiger partial charge < -0.3 is 10.2 Å². The van der Waals surface area contributed by atoms with Crippen LogP contribution in [-0.4, -0.2) is 34.0 Å². The van der Waals surface area contributed by atoms with Crippen LogP contribution in [-0.2, 0) is 9.59 Å². The van der Waals surface area contributed by atoms with E-state index in [1.54, 1.807) is 0 Å². The molecule has 4 nitrogen and oxygen atoms in total. The predicted octanol–water partition coefficient (Wildman–Crippen LogP) is 3.45. The minimum absolute atomic E-state index is 0. The SMILES string of the molecule is C.C[C@]12CCC(=O)C=C1CC[C@H]1C3CC[C@](O)(C(=O)CO)[C@@]3(C)CC[C@@H]12. The summed E-state index contributed by atoms with van der Waals surface area (Å²) in [4.78, 5) is 24.2. The fourth-order valence-corrected chi connectivity index (χ4v) is 7.16. The van der Waals surface area contributed by atoms with E-state index in [4.69, 9.17) is 0 Å². The summed E-state index contributed by atoms with van der Waals surface area (Å²) in [6.45, 7) is 3.84. The maximum atomic E-state index is 12.3. The number of carbonyl (C=O) groups excluding carboxylic acids is 2. The van der Waals surface area contributed by atoms with Crippen molar-refractivity contribution < 1.29 is 19.8 Å². The number of aliphatic hydroxyl groups excluding tert-OH is 1. The summed E-state index contributed by atoms with van der Waals surface area (Å²) in [5.41, 5.74) is -0.333. The maximum absolute atomic E-state index is 12.3. The zero-order valence-corrected chi connectivity index (χ0v) is 15.4. The van der Waals surface area contributed by atoms with Crippen LogP contribution in [0.3, 0.4) is 0 Å². The number of fused-ring (bicyclic) bond motifs is 5. The van der Waals surface area contributed by atoms with Crippen LogP contribution in [0.2, 0.25) is 0 Å². The number of Topliss-reactive ketones (excluding diaryl/α,β-unsaturated/α-hetero) is 1. The molecule has 146 valence electrons. The van der Waals surface area contributed by atoms with Crippen LogP contribution < -0.4 is 0 Å². The lowest BCUT2D eigenvalue weighted by molar-refractivity contribution is -0.164. The molecule has 1 unspecified atom stereocenters. The Morgan fingerprint density at radius 1 is 1.12 bits per heavy atom. The monoisotopic (exact) mass is 362 g/mol. The molecule has 0 heterocycles. The molecule has 0 radical (unpaired) electrons. The van der Waals surface area contributed by atoms with Crippen LogP contribution in [0, 0.1) is 28.6 Å². The van der Waals surface area contributed by atoms with Gasteiger partial charge in [-0.15, -0.1) is 0 Å². The van der Waals surface area contributed by atoms with Crippen molar-refractivity contribution in [2.75, 3.05) is 6.61 Å². The van der Waals surface area contributed by atoms with Gasteiger partial charge in [0.1, 0.15) is 12.2 Å². The molecule has 2 N–H and O–H groups in total. The van der Waals surface area contributed by atoms with Crippen LogP contribution in [0.25, 0.3) is 0 Å². The molecule has 4 heteroatoms.